The lowest BCUT2D eigenvalue weighted by molar-refractivity contribution is -0.129. The molecule has 1 aliphatic heterocycles. The van der Waals surface area contributed by atoms with Crippen LogP contribution in [0.25, 0.3) is 0 Å². The highest BCUT2D eigenvalue weighted by Crippen LogP contribution is 2.35. The summed E-state index contributed by atoms with van der Waals surface area (Å²) in [6.07, 6.45) is -0.375. The molecular weight excluding hydrogens is 413 g/mol. The summed E-state index contributed by atoms with van der Waals surface area (Å²) in [7, 11) is -3.83. The van der Waals surface area contributed by atoms with Crippen molar-refractivity contribution >= 4 is 27.3 Å². The van der Waals surface area contributed by atoms with Crippen LogP contribution >= 0.6 is 0 Å². The third-order valence-electron chi connectivity index (χ3n) is 5.05. The monoisotopic (exact) mass is 435 g/mol. The van der Waals surface area contributed by atoms with E-state index in [4.69, 9.17) is 5.21 Å². The van der Waals surface area contributed by atoms with Crippen molar-refractivity contribution in [2.45, 2.75) is 30.0 Å². The maximum Gasteiger partial charge on any atom is 0.251 e. The number of anilines is 1. The van der Waals surface area contributed by atoms with Gasteiger partial charge in [0.25, 0.3) is 5.91 Å². The first kappa shape index (κ1) is 21.7. The first-order valence-corrected chi connectivity index (χ1v) is 10.9. The van der Waals surface area contributed by atoms with Crippen molar-refractivity contribution in [3.05, 3.63) is 59.4 Å². The van der Waals surface area contributed by atoms with Gasteiger partial charge in [-0.15, -0.1) is 0 Å². The van der Waals surface area contributed by atoms with Crippen molar-refractivity contribution in [3.8, 4) is 0 Å². The summed E-state index contributed by atoms with van der Waals surface area (Å²) in [5.41, 5.74) is 2.41. The van der Waals surface area contributed by atoms with Crippen LogP contribution in [0.15, 0.2) is 47.4 Å². The number of hydroxylamine groups is 1. The summed E-state index contributed by atoms with van der Waals surface area (Å²) in [6.45, 7) is 2.34. The van der Waals surface area contributed by atoms with E-state index < -0.39 is 32.7 Å². The topological polar surface area (TPSA) is 116 Å². The number of nitrogens with one attached hydrogen (secondary N) is 2. The molecule has 30 heavy (non-hydrogen) atoms. The number of nitrogens with zero attached hydrogens (tertiary/aromatic N) is 1. The van der Waals surface area contributed by atoms with E-state index in [9.17, 15) is 22.4 Å². The molecule has 2 aromatic carbocycles. The molecule has 0 saturated carbocycles. The maximum atomic E-state index is 13.7. The van der Waals surface area contributed by atoms with E-state index in [1.54, 1.807) is 23.1 Å². The van der Waals surface area contributed by atoms with Gasteiger partial charge in [-0.2, -0.15) is 0 Å². The Morgan fingerprint density at radius 3 is 2.63 bits per heavy atom. The Balaban J connectivity index is 1.86. The fraction of sp³-hybridized carbons (Fsp3) is 0.300. The van der Waals surface area contributed by atoms with Crippen LogP contribution in [0.5, 0.6) is 0 Å². The molecule has 160 valence electrons. The second-order valence-electron chi connectivity index (χ2n) is 6.90. The molecule has 10 heteroatoms. The number of carbonyl (C=O) groups is 2. The average molecular weight is 435 g/mol. The van der Waals surface area contributed by atoms with Crippen LogP contribution in [-0.2, 0) is 21.2 Å². The molecule has 0 aromatic heterocycles. The van der Waals surface area contributed by atoms with E-state index in [0.29, 0.717) is 17.8 Å². The van der Waals surface area contributed by atoms with Gasteiger partial charge >= 0.3 is 0 Å². The molecule has 1 aliphatic rings. The summed E-state index contributed by atoms with van der Waals surface area (Å²) in [6, 6.07) is 10.3. The van der Waals surface area contributed by atoms with E-state index in [-0.39, 0.29) is 30.0 Å². The lowest BCUT2D eigenvalue weighted by atomic mass is 10.1. The van der Waals surface area contributed by atoms with Crippen molar-refractivity contribution in [1.29, 1.82) is 0 Å². The van der Waals surface area contributed by atoms with Crippen molar-refractivity contribution < 1.29 is 27.6 Å². The summed E-state index contributed by atoms with van der Waals surface area (Å²) in [5, 5.41) is 10.3. The lowest BCUT2D eigenvalue weighted by Gasteiger charge is -2.35. The zero-order valence-corrected chi connectivity index (χ0v) is 17.1. The number of hydrogen-bond donors (Lipinski definition) is 3. The summed E-state index contributed by atoms with van der Waals surface area (Å²) in [5.74, 6) is -1.67. The van der Waals surface area contributed by atoms with E-state index in [1.165, 1.54) is 29.7 Å². The van der Waals surface area contributed by atoms with Crippen molar-refractivity contribution in [2.24, 2.45) is 0 Å². The van der Waals surface area contributed by atoms with E-state index in [2.05, 4.69) is 5.32 Å². The zero-order valence-electron chi connectivity index (χ0n) is 16.3. The molecule has 3 N–H and O–H groups in total. The predicted molar refractivity (Wildman–Crippen MR) is 107 cm³/mol. The SMILES string of the molecule is CCN1CC(CC(=O)NO)S(=O)(=O)c2ccc(C(=O)NCc3ccccc3F)cc21. The molecule has 1 heterocycles. The number of sulfone groups is 1. The van der Waals surface area contributed by atoms with Crippen molar-refractivity contribution in [1.82, 2.24) is 10.8 Å². The molecule has 0 aliphatic carbocycles. The molecule has 0 bridgehead atoms. The van der Waals surface area contributed by atoms with E-state index in [1.807, 2.05) is 6.92 Å². The minimum Gasteiger partial charge on any atom is -0.369 e. The van der Waals surface area contributed by atoms with Crippen LogP contribution < -0.4 is 15.7 Å². The molecule has 0 fully saturated rings. The minimum atomic E-state index is -3.83. The number of fused-ring (bicyclic) bond motifs is 1. The van der Waals surface area contributed by atoms with Gasteiger partial charge in [-0.1, -0.05) is 18.2 Å². The molecule has 0 saturated heterocycles. The van der Waals surface area contributed by atoms with E-state index >= 15 is 0 Å². The predicted octanol–water partition coefficient (Wildman–Crippen LogP) is 1.63. The van der Waals surface area contributed by atoms with Crippen LogP contribution in [0.2, 0.25) is 0 Å². The van der Waals surface area contributed by atoms with Crippen LogP contribution in [0.4, 0.5) is 10.1 Å². The van der Waals surface area contributed by atoms with E-state index in [0.717, 1.165) is 0 Å². The first-order chi connectivity index (χ1) is 14.3. The maximum absolute atomic E-state index is 13.7. The van der Waals surface area contributed by atoms with Crippen LogP contribution in [0.1, 0.15) is 29.3 Å². The summed E-state index contributed by atoms with van der Waals surface area (Å²) >= 11 is 0. The Hall–Kier alpha value is -2.98. The first-order valence-electron chi connectivity index (χ1n) is 9.35. The molecule has 1 atom stereocenters. The fourth-order valence-corrected chi connectivity index (χ4v) is 5.26. The Labute approximate surface area is 173 Å². The molecule has 0 radical (unpaired) electrons. The lowest BCUT2D eigenvalue weighted by Crippen LogP contribution is -2.44. The van der Waals surface area contributed by atoms with Gasteiger partial charge in [0.2, 0.25) is 5.91 Å². The average Bonchev–Trinajstić information content (AvgIpc) is 2.74. The van der Waals surface area contributed by atoms with Gasteiger partial charge in [0.1, 0.15) is 5.82 Å². The fourth-order valence-electron chi connectivity index (χ4n) is 3.41. The molecule has 1 unspecified atom stereocenters. The number of carbonyl (C=O) groups excluding carboxylic acids is 2. The van der Waals surface area contributed by atoms with Gasteiger partial charge in [-0.3, -0.25) is 14.8 Å². The molecular formula is C20H22FN3O5S. The second-order valence-corrected chi connectivity index (χ2v) is 9.10. The molecule has 3 rings (SSSR count). The Morgan fingerprint density at radius 1 is 1.23 bits per heavy atom. The highest BCUT2D eigenvalue weighted by atomic mass is 32.2. The van der Waals surface area contributed by atoms with Gasteiger partial charge < -0.3 is 10.2 Å². The van der Waals surface area contributed by atoms with Gasteiger partial charge in [0.15, 0.2) is 9.84 Å². The van der Waals surface area contributed by atoms with Gasteiger partial charge in [-0.05, 0) is 31.2 Å². The molecule has 8 nitrogen and oxygen atoms in total. The molecule has 0 spiro atoms. The van der Waals surface area contributed by atoms with Crippen LogP contribution in [-0.4, -0.2) is 43.8 Å². The van der Waals surface area contributed by atoms with Gasteiger partial charge in [0.05, 0.1) is 15.8 Å². The Kier molecular flexibility index (Phi) is 6.37. The summed E-state index contributed by atoms with van der Waals surface area (Å²) in [4.78, 5) is 25.8. The highest BCUT2D eigenvalue weighted by Gasteiger charge is 2.38. The zero-order chi connectivity index (χ0) is 21.9. The normalized spacial score (nSPS) is 17.2. The summed E-state index contributed by atoms with van der Waals surface area (Å²) < 4.78 is 39.6. The number of benzene rings is 2. The third kappa shape index (κ3) is 4.29. The standard InChI is InChI=1S/C20H22FN3O5S/c1-2-24-12-15(10-19(25)23-27)30(28,29)18-8-7-13(9-17(18)24)20(26)22-11-14-5-3-4-6-16(14)21/h3-9,15,27H,2,10-12H2,1H3,(H,22,26)(H,23,25). The Morgan fingerprint density at radius 2 is 1.97 bits per heavy atom. The van der Waals surface area contributed by atoms with Crippen molar-refractivity contribution in [3.63, 3.8) is 0 Å². The minimum absolute atomic E-state index is 0.00325. The van der Waals surface area contributed by atoms with Crippen molar-refractivity contribution in [2.75, 3.05) is 18.0 Å². The number of amides is 2. The Bertz CT molecular complexity index is 1070. The second kappa shape index (κ2) is 8.80. The number of halogens is 1. The largest absolute Gasteiger partial charge is 0.369 e. The van der Waals surface area contributed by atoms with Gasteiger partial charge in [-0.25, -0.2) is 18.3 Å². The van der Waals surface area contributed by atoms with Gasteiger partial charge in [0, 0.05) is 37.2 Å². The van der Waals surface area contributed by atoms with Crippen LogP contribution in [0.3, 0.4) is 0 Å². The highest BCUT2D eigenvalue weighted by molar-refractivity contribution is 7.92. The quantitative estimate of drug-likeness (QED) is 0.469. The third-order valence-corrected chi connectivity index (χ3v) is 7.20. The van der Waals surface area contributed by atoms with Crippen LogP contribution in [0, 0.1) is 5.82 Å². The molecule has 2 aromatic rings. The molecule has 2 amide bonds. The number of hydrogen-bond acceptors (Lipinski definition) is 6. The number of rotatable bonds is 6. The smallest absolute Gasteiger partial charge is 0.251 e.